The van der Waals surface area contributed by atoms with E-state index in [1.165, 1.54) is 31.2 Å². The molecule has 0 bridgehead atoms. The number of benzene rings is 1. The number of ether oxygens (including phenoxy) is 1. The molecule has 2 rings (SSSR count). The van der Waals surface area contributed by atoms with Crippen molar-refractivity contribution in [3.63, 3.8) is 0 Å². The van der Waals surface area contributed by atoms with Crippen molar-refractivity contribution in [3.05, 3.63) is 29.8 Å². The van der Waals surface area contributed by atoms with Gasteiger partial charge in [-0.05, 0) is 51.6 Å². The minimum Gasteiger partial charge on any atom is -0.491 e. The van der Waals surface area contributed by atoms with Gasteiger partial charge in [0.25, 0.3) is 0 Å². The summed E-state index contributed by atoms with van der Waals surface area (Å²) in [4.78, 5) is 0. The fourth-order valence-electron chi connectivity index (χ4n) is 2.70. The number of rotatable bonds is 7. The molecule has 0 aromatic heterocycles. The lowest BCUT2D eigenvalue weighted by atomic mass is 9.77. The molecule has 0 saturated heterocycles. The molecule has 1 unspecified atom stereocenters. The highest BCUT2D eigenvalue weighted by molar-refractivity contribution is 5.36. The standard InChI is InChI=1S/C17H27NO/c1-4-12-18-17(14-8-7-9-14)15-10-5-6-11-16(15)19-13(2)3/h5-6,10-11,13-14,17-18H,4,7-9,12H2,1-3H3. The molecule has 1 atom stereocenters. The molecule has 106 valence electrons. The number of nitrogens with one attached hydrogen (secondary N) is 1. The molecule has 2 nitrogen and oxygen atoms in total. The minimum atomic E-state index is 0.231. The Balaban J connectivity index is 2.19. The summed E-state index contributed by atoms with van der Waals surface area (Å²) in [5, 5.41) is 3.72. The molecule has 0 aliphatic heterocycles. The van der Waals surface area contributed by atoms with E-state index in [2.05, 4.69) is 50.4 Å². The van der Waals surface area contributed by atoms with Gasteiger partial charge in [-0.1, -0.05) is 31.5 Å². The molecule has 0 amide bonds. The second kappa shape index (κ2) is 6.95. The summed E-state index contributed by atoms with van der Waals surface area (Å²) < 4.78 is 5.99. The second-order valence-electron chi connectivity index (χ2n) is 5.83. The normalized spacial score (nSPS) is 17.3. The van der Waals surface area contributed by atoms with Crippen LogP contribution in [0.2, 0.25) is 0 Å². The Morgan fingerprint density at radius 2 is 2.00 bits per heavy atom. The summed E-state index contributed by atoms with van der Waals surface area (Å²) in [5.41, 5.74) is 1.34. The Labute approximate surface area is 117 Å². The van der Waals surface area contributed by atoms with Crippen LogP contribution in [-0.2, 0) is 0 Å². The molecule has 1 aliphatic rings. The van der Waals surface area contributed by atoms with E-state index in [1.807, 2.05) is 0 Å². The SMILES string of the molecule is CCCNC(c1ccccc1OC(C)C)C1CCC1. The van der Waals surface area contributed by atoms with E-state index in [4.69, 9.17) is 4.74 Å². The Morgan fingerprint density at radius 1 is 1.26 bits per heavy atom. The lowest BCUT2D eigenvalue weighted by Crippen LogP contribution is -2.33. The first-order valence-electron chi connectivity index (χ1n) is 7.71. The minimum absolute atomic E-state index is 0.231. The average molecular weight is 261 g/mol. The summed E-state index contributed by atoms with van der Waals surface area (Å²) in [6.07, 6.45) is 5.47. The first-order valence-corrected chi connectivity index (χ1v) is 7.71. The zero-order valence-corrected chi connectivity index (χ0v) is 12.5. The summed E-state index contributed by atoms with van der Waals surface area (Å²) >= 11 is 0. The zero-order valence-electron chi connectivity index (χ0n) is 12.5. The van der Waals surface area contributed by atoms with Crippen LogP contribution in [0, 0.1) is 5.92 Å². The molecule has 1 aliphatic carbocycles. The molecule has 1 aromatic rings. The van der Waals surface area contributed by atoms with E-state index in [0.717, 1.165) is 18.2 Å². The molecule has 1 saturated carbocycles. The largest absolute Gasteiger partial charge is 0.491 e. The molecule has 1 N–H and O–H groups in total. The predicted molar refractivity (Wildman–Crippen MR) is 80.6 cm³/mol. The number of para-hydroxylation sites is 1. The maximum atomic E-state index is 5.99. The zero-order chi connectivity index (χ0) is 13.7. The fourth-order valence-corrected chi connectivity index (χ4v) is 2.70. The quantitative estimate of drug-likeness (QED) is 0.789. The van der Waals surface area contributed by atoms with Crippen LogP contribution in [0.3, 0.4) is 0 Å². The van der Waals surface area contributed by atoms with E-state index in [-0.39, 0.29) is 6.10 Å². The van der Waals surface area contributed by atoms with Gasteiger partial charge in [0.05, 0.1) is 6.10 Å². The molecule has 1 fully saturated rings. The molecular formula is C17H27NO. The van der Waals surface area contributed by atoms with Gasteiger partial charge in [-0.25, -0.2) is 0 Å². The first kappa shape index (κ1) is 14.4. The highest BCUT2D eigenvalue weighted by atomic mass is 16.5. The molecule has 0 spiro atoms. The van der Waals surface area contributed by atoms with Gasteiger partial charge in [-0.2, -0.15) is 0 Å². The Kier molecular flexibility index (Phi) is 5.26. The summed E-state index contributed by atoms with van der Waals surface area (Å²) in [7, 11) is 0. The van der Waals surface area contributed by atoms with E-state index < -0.39 is 0 Å². The maximum absolute atomic E-state index is 5.99. The van der Waals surface area contributed by atoms with Gasteiger partial charge in [-0.15, -0.1) is 0 Å². The summed E-state index contributed by atoms with van der Waals surface area (Å²) in [6.45, 7) is 7.49. The van der Waals surface area contributed by atoms with Gasteiger partial charge in [0.15, 0.2) is 0 Å². The van der Waals surface area contributed by atoms with Gasteiger partial charge < -0.3 is 10.1 Å². The van der Waals surface area contributed by atoms with Crippen molar-refractivity contribution in [1.82, 2.24) is 5.32 Å². The monoisotopic (exact) mass is 261 g/mol. The third-order valence-electron chi connectivity index (χ3n) is 3.85. The van der Waals surface area contributed by atoms with Crippen molar-refractivity contribution >= 4 is 0 Å². The Morgan fingerprint density at radius 3 is 2.58 bits per heavy atom. The maximum Gasteiger partial charge on any atom is 0.124 e. The van der Waals surface area contributed by atoms with Crippen molar-refractivity contribution < 1.29 is 4.74 Å². The predicted octanol–water partition coefficient (Wildman–Crippen LogP) is 4.31. The third kappa shape index (κ3) is 3.73. The van der Waals surface area contributed by atoms with Crippen LogP contribution in [0.15, 0.2) is 24.3 Å². The molecule has 0 radical (unpaired) electrons. The van der Waals surface area contributed by atoms with Crippen molar-refractivity contribution in [2.75, 3.05) is 6.54 Å². The topological polar surface area (TPSA) is 21.3 Å². The number of hydrogen-bond acceptors (Lipinski definition) is 2. The van der Waals surface area contributed by atoms with E-state index >= 15 is 0 Å². The highest BCUT2D eigenvalue weighted by Crippen LogP contribution is 2.40. The smallest absolute Gasteiger partial charge is 0.124 e. The van der Waals surface area contributed by atoms with Crippen LogP contribution in [0.1, 0.15) is 58.1 Å². The van der Waals surface area contributed by atoms with Crippen molar-refractivity contribution in [3.8, 4) is 5.75 Å². The number of hydrogen-bond donors (Lipinski definition) is 1. The third-order valence-corrected chi connectivity index (χ3v) is 3.85. The van der Waals surface area contributed by atoms with Crippen molar-refractivity contribution in [2.24, 2.45) is 5.92 Å². The molecule has 19 heavy (non-hydrogen) atoms. The van der Waals surface area contributed by atoms with Gasteiger partial charge in [-0.3, -0.25) is 0 Å². The molecule has 0 heterocycles. The molecule has 1 aromatic carbocycles. The fraction of sp³-hybridized carbons (Fsp3) is 0.647. The highest BCUT2D eigenvalue weighted by Gasteiger charge is 2.29. The van der Waals surface area contributed by atoms with Crippen LogP contribution in [0.25, 0.3) is 0 Å². The van der Waals surface area contributed by atoms with Crippen molar-refractivity contribution in [2.45, 2.75) is 58.6 Å². The Bertz CT molecular complexity index is 385. The van der Waals surface area contributed by atoms with E-state index in [0.29, 0.717) is 6.04 Å². The van der Waals surface area contributed by atoms with Gasteiger partial charge >= 0.3 is 0 Å². The van der Waals surface area contributed by atoms with Crippen LogP contribution in [0.5, 0.6) is 5.75 Å². The summed E-state index contributed by atoms with van der Waals surface area (Å²) in [5.74, 6) is 1.83. The molecule has 2 heteroatoms. The van der Waals surface area contributed by atoms with Crippen LogP contribution in [-0.4, -0.2) is 12.6 Å². The van der Waals surface area contributed by atoms with Crippen LogP contribution < -0.4 is 10.1 Å². The lowest BCUT2D eigenvalue weighted by molar-refractivity contribution is 0.209. The molecular weight excluding hydrogens is 234 g/mol. The van der Waals surface area contributed by atoms with Crippen LogP contribution >= 0.6 is 0 Å². The van der Waals surface area contributed by atoms with E-state index in [9.17, 15) is 0 Å². The first-order chi connectivity index (χ1) is 9.22. The van der Waals surface area contributed by atoms with Gasteiger partial charge in [0.1, 0.15) is 5.75 Å². The van der Waals surface area contributed by atoms with Crippen molar-refractivity contribution in [1.29, 1.82) is 0 Å². The lowest BCUT2D eigenvalue weighted by Gasteiger charge is -2.35. The van der Waals surface area contributed by atoms with Gasteiger partial charge in [0.2, 0.25) is 0 Å². The van der Waals surface area contributed by atoms with Gasteiger partial charge in [0, 0.05) is 11.6 Å². The Hall–Kier alpha value is -1.02. The second-order valence-corrected chi connectivity index (χ2v) is 5.83. The van der Waals surface area contributed by atoms with Crippen LogP contribution in [0.4, 0.5) is 0 Å². The van der Waals surface area contributed by atoms with E-state index in [1.54, 1.807) is 0 Å². The summed E-state index contributed by atoms with van der Waals surface area (Å²) in [6, 6.07) is 8.99. The average Bonchev–Trinajstić information content (AvgIpc) is 2.32.